The van der Waals surface area contributed by atoms with E-state index >= 15 is 0 Å². The van der Waals surface area contributed by atoms with Crippen LogP contribution in [0.15, 0.2) is 67.4 Å². The molecule has 0 aromatic carbocycles. The second kappa shape index (κ2) is 10.9. The van der Waals surface area contributed by atoms with Gasteiger partial charge in [0.2, 0.25) is 5.91 Å². The van der Waals surface area contributed by atoms with Crippen molar-refractivity contribution in [2.24, 2.45) is 0 Å². The van der Waals surface area contributed by atoms with Crippen molar-refractivity contribution in [3.05, 3.63) is 78.6 Å². The Kier molecular flexibility index (Phi) is 7.31. The molecule has 3 aromatic heterocycles. The lowest BCUT2D eigenvalue weighted by molar-refractivity contribution is -0.135. The number of hydrogen-bond acceptors (Lipinski definition) is 5. The van der Waals surface area contributed by atoms with E-state index < -0.39 is 0 Å². The van der Waals surface area contributed by atoms with Crippen LogP contribution >= 0.6 is 0 Å². The molecule has 7 nitrogen and oxygen atoms in total. The number of hydrogen-bond donors (Lipinski definition) is 0. The van der Waals surface area contributed by atoms with Crippen LogP contribution in [0.5, 0.6) is 0 Å². The van der Waals surface area contributed by atoms with Gasteiger partial charge in [-0.15, -0.1) is 0 Å². The number of amides is 1. The van der Waals surface area contributed by atoms with Crippen LogP contribution in [0.25, 0.3) is 5.69 Å². The smallest absolute Gasteiger partial charge is 0.237 e. The lowest BCUT2D eigenvalue weighted by atomic mass is 9.94. The fourth-order valence-electron chi connectivity index (χ4n) is 5.20. The van der Waals surface area contributed by atoms with E-state index in [9.17, 15) is 4.79 Å². The molecule has 3 aromatic rings. The van der Waals surface area contributed by atoms with Crippen molar-refractivity contribution >= 4 is 5.91 Å². The third-order valence-corrected chi connectivity index (χ3v) is 6.91. The summed E-state index contributed by atoms with van der Waals surface area (Å²) in [6.45, 7) is 2.97. The maximum atomic E-state index is 13.4. The molecule has 1 unspecified atom stereocenters. The summed E-state index contributed by atoms with van der Waals surface area (Å²) in [5.41, 5.74) is 3.22. The average Bonchev–Trinajstić information content (AvgIpc) is 3.28. The number of pyridine rings is 2. The first kappa shape index (κ1) is 22.7. The lowest BCUT2D eigenvalue weighted by Crippen LogP contribution is -2.45. The number of carbonyl (C=O) groups excluding carboxylic acids is 1. The van der Waals surface area contributed by atoms with Gasteiger partial charge in [-0.2, -0.15) is 0 Å². The summed E-state index contributed by atoms with van der Waals surface area (Å²) in [6, 6.07) is 12.5. The van der Waals surface area contributed by atoms with Gasteiger partial charge in [0, 0.05) is 56.2 Å². The van der Waals surface area contributed by atoms with E-state index in [4.69, 9.17) is 4.74 Å². The van der Waals surface area contributed by atoms with Gasteiger partial charge in [0.1, 0.15) is 0 Å². The third kappa shape index (κ3) is 5.54. The minimum Gasteiger partial charge on any atom is -0.370 e. The minimum atomic E-state index is -0.0459. The first-order valence-electron chi connectivity index (χ1n) is 12.4. The highest BCUT2D eigenvalue weighted by molar-refractivity contribution is 5.79. The molecule has 34 heavy (non-hydrogen) atoms. The molecule has 2 fully saturated rings. The van der Waals surface area contributed by atoms with E-state index in [1.54, 1.807) is 12.4 Å². The van der Waals surface area contributed by atoms with Crippen LogP contribution in [-0.4, -0.2) is 62.0 Å². The van der Waals surface area contributed by atoms with Crippen LogP contribution in [0, 0.1) is 0 Å². The summed E-state index contributed by atoms with van der Waals surface area (Å²) >= 11 is 0. The Hall–Kier alpha value is -3.03. The van der Waals surface area contributed by atoms with Crippen LogP contribution in [0.4, 0.5) is 0 Å². The second-order valence-electron chi connectivity index (χ2n) is 9.38. The van der Waals surface area contributed by atoms with Gasteiger partial charge in [-0.25, -0.2) is 0 Å². The first-order valence-corrected chi connectivity index (χ1v) is 12.4. The molecule has 1 atom stereocenters. The zero-order valence-electron chi connectivity index (χ0n) is 19.6. The van der Waals surface area contributed by atoms with Gasteiger partial charge in [0.25, 0.3) is 0 Å². The third-order valence-electron chi connectivity index (χ3n) is 6.91. The maximum Gasteiger partial charge on any atom is 0.237 e. The quantitative estimate of drug-likeness (QED) is 0.537. The van der Waals surface area contributed by atoms with Crippen molar-refractivity contribution in [1.29, 1.82) is 0 Å². The minimum absolute atomic E-state index is 0.0459. The zero-order chi connectivity index (χ0) is 23.2. The van der Waals surface area contributed by atoms with E-state index in [0.29, 0.717) is 38.8 Å². The van der Waals surface area contributed by atoms with E-state index in [1.807, 2.05) is 36.7 Å². The van der Waals surface area contributed by atoms with Crippen LogP contribution in [-0.2, 0) is 22.7 Å². The molecule has 0 bridgehead atoms. The average molecular weight is 460 g/mol. The predicted octanol–water partition coefficient (Wildman–Crippen LogP) is 3.83. The largest absolute Gasteiger partial charge is 0.370 e. The fourth-order valence-corrected chi connectivity index (χ4v) is 5.20. The van der Waals surface area contributed by atoms with Gasteiger partial charge in [0.05, 0.1) is 31.1 Å². The molecular weight excluding hydrogens is 426 g/mol. The zero-order valence-corrected chi connectivity index (χ0v) is 19.6. The second-order valence-corrected chi connectivity index (χ2v) is 9.38. The summed E-state index contributed by atoms with van der Waals surface area (Å²) in [4.78, 5) is 26.3. The van der Waals surface area contributed by atoms with Gasteiger partial charge < -0.3 is 14.2 Å². The van der Waals surface area contributed by atoms with Crippen LogP contribution in [0.1, 0.15) is 43.4 Å². The van der Waals surface area contributed by atoms with Crippen molar-refractivity contribution in [2.75, 3.05) is 19.6 Å². The highest BCUT2D eigenvalue weighted by Gasteiger charge is 2.33. The van der Waals surface area contributed by atoms with Crippen molar-refractivity contribution in [3.8, 4) is 5.69 Å². The number of carbonyl (C=O) groups is 1. The normalized spacial score (nSPS) is 20.4. The van der Waals surface area contributed by atoms with Crippen LogP contribution < -0.4 is 0 Å². The SMILES string of the molecule is O=C1CN(Cc2cccn2-c2cccnc2)CC(OCc2cccnc2)CN1C1CCCCC1. The van der Waals surface area contributed by atoms with E-state index in [0.717, 1.165) is 29.8 Å². The molecule has 1 amide bonds. The number of rotatable bonds is 7. The highest BCUT2D eigenvalue weighted by Crippen LogP contribution is 2.25. The Bertz CT molecular complexity index is 1050. The molecule has 1 aliphatic heterocycles. The number of aromatic nitrogens is 3. The molecule has 7 heteroatoms. The molecule has 0 radical (unpaired) electrons. The molecule has 2 aliphatic rings. The molecule has 1 saturated carbocycles. The highest BCUT2D eigenvalue weighted by atomic mass is 16.5. The Morgan fingerprint density at radius 2 is 1.76 bits per heavy atom. The summed E-state index contributed by atoms with van der Waals surface area (Å²) in [6.07, 6.45) is 15.2. The summed E-state index contributed by atoms with van der Waals surface area (Å²) in [5.74, 6) is 0.221. The summed E-state index contributed by atoms with van der Waals surface area (Å²) < 4.78 is 8.54. The molecule has 1 saturated heterocycles. The molecule has 0 N–H and O–H groups in total. The van der Waals surface area contributed by atoms with Crippen LogP contribution in [0.3, 0.4) is 0 Å². The lowest BCUT2D eigenvalue weighted by Gasteiger charge is -2.35. The summed E-state index contributed by atoms with van der Waals surface area (Å²) in [5, 5.41) is 0. The van der Waals surface area contributed by atoms with E-state index in [-0.39, 0.29) is 12.0 Å². The topological polar surface area (TPSA) is 63.5 Å². The number of ether oxygens (including phenoxy) is 1. The first-order chi connectivity index (χ1) is 16.8. The van der Waals surface area contributed by atoms with Crippen molar-refractivity contribution in [2.45, 2.75) is 57.4 Å². The van der Waals surface area contributed by atoms with Gasteiger partial charge in [-0.1, -0.05) is 25.3 Å². The maximum absolute atomic E-state index is 13.4. The van der Waals surface area contributed by atoms with Crippen LogP contribution in [0.2, 0.25) is 0 Å². The van der Waals surface area contributed by atoms with Gasteiger partial charge >= 0.3 is 0 Å². The fraction of sp³-hybridized carbons (Fsp3) is 0.444. The predicted molar refractivity (Wildman–Crippen MR) is 130 cm³/mol. The van der Waals surface area contributed by atoms with Gasteiger partial charge in [-0.05, 0) is 48.7 Å². The Morgan fingerprint density at radius 1 is 0.941 bits per heavy atom. The Labute approximate surface area is 201 Å². The molecule has 178 valence electrons. The number of nitrogens with zero attached hydrogens (tertiary/aromatic N) is 5. The Balaban J connectivity index is 1.34. The Morgan fingerprint density at radius 3 is 2.53 bits per heavy atom. The molecule has 1 aliphatic carbocycles. The van der Waals surface area contributed by atoms with Gasteiger partial charge in [0.15, 0.2) is 0 Å². The molecule has 5 rings (SSSR count). The van der Waals surface area contributed by atoms with Gasteiger partial charge in [-0.3, -0.25) is 19.7 Å². The monoisotopic (exact) mass is 459 g/mol. The van der Waals surface area contributed by atoms with E-state index in [2.05, 4.69) is 42.7 Å². The van der Waals surface area contributed by atoms with E-state index in [1.165, 1.54) is 19.3 Å². The standard InChI is InChI=1S/C27H33N5O2/c33-27-20-30(17-25-11-6-14-31(25)24-10-5-13-29-16-24)18-26(34-21-22-7-4-12-28-15-22)19-32(27)23-8-2-1-3-9-23/h4-7,10-16,23,26H,1-3,8-9,17-21H2. The van der Waals surface area contributed by atoms with Crippen molar-refractivity contribution in [1.82, 2.24) is 24.3 Å². The molecular formula is C27H33N5O2. The molecule has 0 spiro atoms. The van der Waals surface area contributed by atoms with Crippen molar-refractivity contribution < 1.29 is 9.53 Å². The van der Waals surface area contributed by atoms with Crippen molar-refractivity contribution in [3.63, 3.8) is 0 Å². The molecule has 4 heterocycles. The summed E-state index contributed by atoms with van der Waals surface area (Å²) in [7, 11) is 0.